The maximum atomic E-state index is 13.3. The second-order valence-electron chi connectivity index (χ2n) is 7.97. The van der Waals surface area contributed by atoms with Crippen molar-refractivity contribution in [2.45, 2.75) is 30.8 Å². The number of aliphatic imine (C=N–C) groups is 1. The fourth-order valence-electron chi connectivity index (χ4n) is 4.09. The zero-order valence-corrected chi connectivity index (χ0v) is 19.0. The van der Waals surface area contributed by atoms with E-state index in [1.807, 2.05) is 20.9 Å². The minimum absolute atomic E-state index is 0.156. The van der Waals surface area contributed by atoms with Crippen LogP contribution in [0.3, 0.4) is 0 Å². The van der Waals surface area contributed by atoms with Crippen LogP contribution in [0.15, 0.2) is 33.2 Å². The lowest BCUT2D eigenvalue weighted by atomic mass is 10.0. The summed E-state index contributed by atoms with van der Waals surface area (Å²) in [5.41, 5.74) is 1.19. The lowest BCUT2D eigenvalue weighted by molar-refractivity contribution is -0.124. The topological polar surface area (TPSA) is 107 Å². The zero-order valence-electron chi connectivity index (χ0n) is 18.2. The Morgan fingerprint density at radius 1 is 1.19 bits per heavy atom. The highest BCUT2D eigenvalue weighted by Crippen LogP contribution is 2.28. The number of amidine groups is 1. The number of ether oxygens (including phenoxy) is 1. The van der Waals surface area contributed by atoms with Gasteiger partial charge >= 0.3 is 0 Å². The number of carbonyl (C=O) groups is 1. The van der Waals surface area contributed by atoms with E-state index in [1.165, 1.54) is 4.31 Å². The lowest BCUT2D eigenvalue weighted by Crippen LogP contribution is -2.54. The highest BCUT2D eigenvalue weighted by molar-refractivity contribution is 7.89. The molecule has 1 N–H and O–H groups in total. The predicted octanol–water partition coefficient (Wildman–Crippen LogP) is -0.0437. The maximum Gasteiger partial charge on any atom is 0.252 e. The van der Waals surface area contributed by atoms with Gasteiger partial charge in [0.1, 0.15) is 17.6 Å². The van der Waals surface area contributed by atoms with Gasteiger partial charge in [0.25, 0.3) is 5.91 Å². The van der Waals surface area contributed by atoms with E-state index in [0.29, 0.717) is 49.9 Å². The third kappa shape index (κ3) is 3.92. The maximum absolute atomic E-state index is 13.3. The Labute approximate surface area is 182 Å². The lowest BCUT2D eigenvalue weighted by Gasteiger charge is -2.32. The molecule has 2 unspecified atom stereocenters. The molecule has 2 atom stereocenters. The summed E-state index contributed by atoms with van der Waals surface area (Å²) < 4.78 is 33.7. The normalized spacial score (nSPS) is 25.0. The van der Waals surface area contributed by atoms with E-state index in [9.17, 15) is 13.2 Å². The smallest absolute Gasteiger partial charge is 0.252 e. The summed E-state index contributed by atoms with van der Waals surface area (Å²) >= 11 is 0. The van der Waals surface area contributed by atoms with Crippen LogP contribution in [0, 0.1) is 0 Å². The number of benzene rings is 1. The quantitative estimate of drug-likeness (QED) is 0.677. The van der Waals surface area contributed by atoms with Gasteiger partial charge in [0.15, 0.2) is 6.04 Å². The van der Waals surface area contributed by atoms with E-state index in [-0.39, 0.29) is 10.8 Å². The number of nitrogens with one attached hydrogen (secondary N) is 1. The van der Waals surface area contributed by atoms with Crippen LogP contribution in [0.5, 0.6) is 5.75 Å². The van der Waals surface area contributed by atoms with Gasteiger partial charge in [-0.25, -0.2) is 8.42 Å². The van der Waals surface area contributed by atoms with Gasteiger partial charge in [-0.1, -0.05) is 0 Å². The summed E-state index contributed by atoms with van der Waals surface area (Å²) in [6, 6.07) is 3.80. The van der Waals surface area contributed by atoms with Gasteiger partial charge in [-0.3, -0.25) is 14.8 Å². The highest BCUT2D eigenvalue weighted by atomic mass is 32.2. The van der Waals surface area contributed by atoms with Crippen LogP contribution in [0.2, 0.25) is 0 Å². The van der Waals surface area contributed by atoms with E-state index in [0.717, 1.165) is 5.71 Å². The molecule has 10 nitrogen and oxygen atoms in total. The Morgan fingerprint density at radius 2 is 1.90 bits per heavy atom. The molecule has 0 saturated carbocycles. The molecule has 11 heteroatoms. The van der Waals surface area contributed by atoms with Crippen molar-refractivity contribution >= 4 is 27.5 Å². The first-order chi connectivity index (χ1) is 14.7. The van der Waals surface area contributed by atoms with E-state index in [1.54, 1.807) is 30.3 Å². The number of hydrogen-bond donors (Lipinski definition) is 1. The Morgan fingerprint density at radius 3 is 2.58 bits per heavy atom. The molecule has 0 aliphatic carbocycles. The van der Waals surface area contributed by atoms with E-state index < -0.39 is 22.1 Å². The molecule has 3 aliphatic heterocycles. The molecule has 1 fully saturated rings. The molecule has 4 rings (SSSR count). The Bertz CT molecular complexity index is 1050. The highest BCUT2D eigenvalue weighted by Gasteiger charge is 2.42. The molecule has 31 heavy (non-hydrogen) atoms. The Kier molecular flexibility index (Phi) is 5.75. The molecule has 0 aromatic heterocycles. The van der Waals surface area contributed by atoms with Crippen molar-refractivity contribution in [1.29, 1.82) is 0 Å². The van der Waals surface area contributed by atoms with Gasteiger partial charge in [-0.05, 0) is 39.1 Å². The molecule has 0 spiro atoms. The van der Waals surface area contributed by atoms with Crippen molar-refractivity contribution in [2.75, 3.05) is 46.9 Å². The van der Waals surface area contributed by atoms with Crippen LogP contribution >= 0.6 is 0 Å². The minimum atomic E-state index is -3.68. The fraction of sp³-hybridized carbons (Fsp3) is 0.550. The first-order valence-electron chi connectivity index (χ1n) is 10.3. The van der Waals surface area contributed by atoms with E-state index >= 15 is 0 Å². The Hall–Kier alpha value is -2.50. The number of rotatable bonds is 5. The molecule has 3 heterocycles. The standard InChI is InChI=1S/C20H28N6O4S/c1-5-30-16-7-6-14(31(28,29)26-10-8-24(3)9-11-26)12-15(16)19-21-17-13(2)23-25(4)18(17)20(27)22-19/h6-7,12,17-18H,5,8-11H2,1-4H3,(H,21,22,27). The average Bonchev–Trinajstić information content (AvgIpc) is 3.02. The van der Waals surface area contributed by atoms with E-state index in [2.05, 4.69) is 15.3 Å². The summed E-state index contributed by atoms with van der Waals surface area (Å²) in [7, 11) is 0.0358. The third-order valence-corrected chi connectivity index (χ3v) is 7.72. The summed E-state index contributed by atoms with van der Waals surface area (Å²) in [5, 5.41) is 8.76. The minimum Gasteiger partial charge on any atom is -0.493 e. The SMILES string of the molecule is CCOc1ccc(S(=O)(=O)N2CCN(C)CC2)cc1C1=NC2C(C)=NN(C)C2C(=O)N1. The molecular formula is C20H28N6O4S. The van der Waals surface area contributed by atoms with Crippen molar-refractivity contribution in [2.24, 2.45) is 10.1 Å². The summed E-state index contributed by atoms with van der Waals surface area (Å²) in [5.74, 6) is 0.543. The van der Waals surface area contributed by atoms with Gasteiger partial charge < -0.3 is 15.0 Å². The average molecular weight is 449 g/mol. The van der Waals surface area contributed by atoms with Crippen LogP contribution in [-0.2, 0) is 14.8 Å². The molecular weight excluding hydrogens is 420 g/mol. The van der Waals surface area contributed by atoms with Gasteiger partial charge in [-0.2, -0.15) is 9.41 Å². The molecule has 0 radical (unpaired) electrons. The molecule has 168 valence electrons. The molecule has 1 saturated heterocycles. The first-order valence-corrected chi connectivity index (χ1v) is 11.8. The number of likely N-dealkylation sites (N-methyl/N-ethyl adjacent to an activating group) is 2. The molecule has 1 aromatic rings. The first kappa shape index (κ1) is 21.7. The molecule has 1 amide bonds. The van der Waals surface area contributed by atoms with Crippen molar-refractivity contribution < 1.29 is 17.9 Å². The molecule has 1 aromatic carbocycles. The third-order valence-electron chi connectivity index (χ3n) is 5.83. The Balaban J connectivity index is 1.74. The van der Waals surface area contributed by atoms with Crippen LogP contribution < -0.4 is 10.1 Å². The van der Waals surface area contributed by atoms with Gasteiger partial charge in [0.05, 0.1) is 22.8 Å². The van der Waals surface area contributed by atoms with E-state index in [4.69, 9.17) is 9.73 Å². The number of nitrogens with zero attached hydrogens (tertiary/aromatic N) is 5. The van der Waals surface area contributed by atoms with Gasteiger partial charge in [0.2, 0.25) is 10.0 Å². The van der Waals surface area contributed by atoms with Gasteiger partial charge in [0, 0.05) is 33.2 Å². The van der Waals surface area contributed by atoms with Crippen molar-refractivity contribution in [1.82, 2.24) is 19.5 Å². The fourth-order valence-corrected chi connectivity index (χ4v) is 5.54. The van der Waals surface area contributed by atoms with Crippen LogP contribution in [0.4, 0.5) is 0 Å². The van der Waals surface area contributed by atoms with Crippen LogP contribution in [-0.4, -0.2) is 99.1 Å². The zero-order chi connectivity index (χ0) is 22.3. The summed E-state index contributed by atoms with van der Waals surface area (Å²) in [4.78, 5) is 19.7. The summed E-state index contributed by atoms with van der Waals surface area (Å²) in [6.45, 7) is 6.31. The van der Waals surface area contributed by atoms with Gasteiger partial charge in [-0.15, -0.1) is 0 Å². The number of amides is 1. The molecule has 3 aliphatic rings. The number of carbonyl (C=O) groups excluding carboxylic acids is 1. The van der Waals surface area contributed by atoms with Crippen molar-refractivity contribution in [3.8, 4) is 5.75 Å². The number of hydrogen-bond acceptors (Lipinski definition) is 8. The predicted molar refractivity (Wildman–Crippen MR) is 117 cm³/mol. The second-order valence-corrected chi connectivity index (χ2v) is 9.91. The second kappa shape index (κ2) is 8.21. The van der Waals surface area contributed by atoms with Crippen molar-refractivity contribution in [3.05, 3.63) is 23.8 Å². The van der Waals surface area contributed by atoms with Crippen LogP contribution in [0.1, 0.15) is 19.4 Å². The van der Waals surface area contributed by atoms with Crippen molar-refractivity contribution in [3.63, 3.8) is 0 Å². The largest absolute Gasteiger partial charge is 0.493 e. The number of fused-ring (bicyclic) bond motifs is 1. The monoisotopic (exact) mass is 448 g/mol. The molecule has 0 bridgehead atoms. The van der Waals surface area contributed by atoms with Crippen LogP contribution in [0.25, 0.3) is 0 Å². The summed E-state index contributed by atoms with van der Waals surface area (Å²) in [6.07, 6.45) is 0. The number of hydrazone groups is 1. The number of piperazine rings is 1. The number of sulfonamides is 1.